The van der Waals surface area contributed by atoms with Gasteiger partial charge in [0.15, 0.2) is 0 Å². The van der Waals surface area contributed by atoms with Crippen molar-refractivity contribution < 1.29 is 19.1 Å². The zero-order valence-electron chi connectivity index (χ0n) is 10.3. The monoisotopic (exact) mass is 241 g/mol. The minimum Gasteiger partial charge on any atom is -0.468 e. The molecule has 0 radical (unpaired) electrons. The molecule has 0 aromatic rings. The van der Waals surface area contributed by atoms with Crippen LogP contribution < -0.4 is 0 Å². The van der Waals surface area contributed by atoms with Gasteiger partial charge in [0.2, 0.25) is 0 Å². The van der Waals surface area contributed by atoms with Crippen molar-refractivity contribution >= 4 is 11.9 Å². The summed E-state index contributed by atoms with van der Waals surface area (Å²) in [7, 11) is 2.78. The Bertz CT molecular complexity index is 290. The number of esters is 2. The fraction of sp³-hybridized carbons (Fsp3) is 0.833. The van der Waals surface area contributed by atoms with Crippen molar-refractivity contribution in [1.82, 2.24) is 4.90 Å². The predicted molar refractivity (Wildman–Crippen MR) is 60.3 cm³/mol. The van der Waals surface area contributed by atoms with E-state index < -0.39 is 0 Å². The van der Waals surface area contributed by atoms with Crippen LogP contribution in [0.15, 0.2) is 0 Å². The largest absolute Gasteiger partial charge is 0.468 e. The summed E-state index contributed by atoms with van der Waals surface area (Å²) in [5.74, 6) is 0.154. The molecular formula is C12H19NO4. The van der Waals surface area contributed by atoms with E-state index >= 15 is 0 Å². The standard InChI is InChI=1S/C12H19NO4/c1-16-11(14)9-5-6-10(12(15)17-2)13(9)7-8-3-4-8/h8-10H,3-7H2,1-2H3. The Morgan fingerprint density at radius 2 is 1.47 bits per heavy atom. The first kappa shape index (κ1) is 12.4. The van der Waals surface area contributed by atoms with E-state index in [1.807, 2.05) is 4.90 Å². The first-order valence-corrected chi connectivity index (χ1v) is 6.08. The molecule has 0 N–H and O–H groups in total. The van der Waals surface area contributed by atoms with Gasteiger partial charge in [-0.15, -0.1) is 0 Å². The lowest BCUT2D eigenvalue weighted by atomic mass is 10.2. The van der Waals surface area contributed by atoms with Crippen molar-refractivity contribution in [1.29, 1.82) is 0 Å². The predicted octanol–water partition coefficient (Wildman–Crippen LogP) is 0.575. The molecule has 2 atom stereocenters. The SMILES string of the molecule is COC(=O)C1CCC(C(=O)OC)N1CC1CC1. The molecule has 17 heavy (non-hydrogen) atoms. The maximum atomic E-state index is 11.7. The summed E-state index contributed by atoms with van der Waals surface area (Å²) in [5, 5.41) is 0. The number of methoxy groups -OCH3 is 2. The van der Waals surface area contributed by atoms with Crippen LogP contribution in [0.25, 0.3) is 0 Å². The number of rotatable bonds is 4. The van der Waals surface area contributed by atoms with Crippen LogP contribution in [0.4, 0.5) is 0 Å². The number of likely N-dealkylation sites (tertiary alicyclic amines) is 1. The highest BCUT2D eigenvalue weighted by Gasteiger charge is 2.44. The Morgan fingerprint density at radius 3 is 1.82 bits per heavy atom. The second kappa shape index (κ2) is 5.04. The topological polar surface area (TPSA) is 55.8 Å². The molecule has 1 saturated carbocycles. The van der Waals surface area contributed by atoms with Gasteiger partial charge in [-0.1, -0.05) is 0 Å². The van der Waals surface area contributed by atoms with Crippen LogP contribution in [0.3, 0.4) is 0 Å². The van der Waals surface area contributed by atoms with Crippen molar-refractivity contribution in [2.24, 2.45) is 5.92 Å². The second-order valence-corrected chi connectivity index (χ2v) is 4.80. The van der Waals surface area contributed by atoms with Gasteiger partial charge in [-0.2, -0.15) is 0 Å². The molecule has 5 nitrogen and oxygen atoms in total. The molecule has 1 heterocycles. The van der Waals surface area contributed by atoms with Gasteiger partial charge in [0, 0.05) is 6.54 Å². The summed E-state index contributed by atoms with van der Waals surface area (Å²) < 4.78 is 9.59. The van der Waals surface area contributed by atoms with Crippen molar-refractivity contribution in [3.05, 3.63) is 0 Å². The maximum absolute atomic E-state index is 11.7. The van der Waals surface area contributed by atoms with E-state index in [0.717, 1.165) is 6.54 Å². The maximum Gasteiger partial charge on any atom is 0.323 e. The Balaban J connectivity index is 2.07. The Morgan fingerprint density at radius 1 is 1.00 bits per heavy atom. The van der Waals surface area contributed by atoms with Gasteiger partial charge >= 0.3 is 11.9 Å². The smallest absolute Gasteiger partial charge is 0.323 e. The summed E-state index contributed by atoms with van der Waals surface area (Å²) in [6, 6.07) is -0.547. The van der Waals surface area contributed by atoms with Gasteiger partial charge < -0.3 is 9.47 Å². The molecule has 2 rings (SSSR count). The highest BCUT2D eigenvalue weighted by molar-refractivity contribution is 5.81. The van der Waals surface area contributed by atoms with Crippen LogP contribution in [0.2, 0.25) is 0 Å². The van der Waals surface area contributed by atoms with E-state index in [1.165, 1.54) is 27.1 Å². The molecule has 2 aliphatic rings. The van der Waals surface area contributed by atoms with Gasteiger partial charge in [-0.05, 0) is 31.6 Å². The zero-order valence-corrected chi connectivity index (χ0v) is 10.3. The van der Waals surface area contributed by atoms with E-state index in [1.54, 1.807) is 0 Å². The van der Waals surface area contributed by atoms with E-state index in [0.29, 0.717) is 18.8 Å². The summed E-state index contributed by atoms with van der Waals surface area (Å²) in [5.41, 5.74) is 0. The molecule has 0 bridgehead atoms. The molecule has 96 valence electrons. The number of hydrogen-bond donors (Lipinski definition) is 0. The zero-order chi connectivity index (χ0) is 12.4. The number of hydrogen-bond acceptors (Lipinski definition) is 5. The van der Waals surface area contributed by atoms with Crippen LogP contribution in [0.5, 0.6) is 0 Å². The molecule has 1 aliphatic carbocycles. The number of carbonyl (C=O) groups is 2. The van der Waals surface area contributed by atoms with Crippen molar-refractivity contribution in [3.63, 3.8) is 0 Å². The van der Waals surface area contributed by atoms with Crippen LogP contribution in [0, 0.1) is 5.92 Å². The third kappa shape index (κ3) is 2.60. The molecule has 0 aromatic heterocycles. The fourth-order valence-electron chi connectivity index (χ4n) is 2.50. The Kier molecular flexibility index (Phi) is 3.66. The van der Waals surface area contributed by atoms with Gasteiger partial charge in [-0.25, -0.2) is 0 Å². The molecule has 0 aromatic carbocycles. The van der Waals surface area contributed by atoms with Crippen LogP contribution in [-0.4, -0.2) is 49.7 Å². The average molecular weight is 241 g/mol. The summed E-state index contributed by atoms with van der Waals surface area (Å²) >= 11 is 0. The summed E-state index contributed by atoms with van der Waals surface area (Å²) in [4.78, 5) is 25.3. The molecule has 0 spiro atoms. The highest BCUT2D eigenvalue weighted by atomic mass is 16.5. The Hall–Kier alpha value is -1.10. The molecule has 1 aliphatic heterocycles. The molecule has 2 unspecified atom stereocenters. The second-order valence-electron chi connectivity index (χ2n) is 4.80. The van der Waals surface area contributed by atoms with E-state index in [-0.39, 0.29) is 24.0 Å². The molecular weight excluding hydrogens is 222 g/mol. The third-order valence-corrected chi connectivity index (χ3v) is 3.63. The first-order valence-electron chi connectivity index (χ1n) is 6.08. The summed E-state index contributed by atoms with van der Waals surface area (Å²) in [6.07, 6.45) is 3.74. The van der Waals surface area contributed by atoms with E-state index in [2.05, 4.69) is 0 Å². The van der Waals surface area contributed by atoms with E-state index in [9.17, 15) is 9.59 Å². The Labute approximate surface area is 101 Å². The van der Waals surface area contributed by atoms with Gasteiger partial charge in [0.1, 0.15) is 12.1 Å². The lowest BCUT2D eigenvalue weighted by molar-refractivity contribution is -0.151. The average Bonchev–Trinajstić information content (AvgIpc) is 3.06. The van der Waals surface area contributed by atoms with Gasteiger partial charge in [0.25, 0.3) is 0 Å². The van der Waals surface area contributed by atoms with Crippen molar-refractivity contribution in [2.75, 3.05) is 20.8 Å². The van der Waals surface area contributed by atoms with Crippen LogP contribution in [-0.2, 0) is 19.1 Å². The lowest BCUT2D eigenvalue weighted by Gasteiger charge is -2.26. The van der Waals surface area contributed by atoms with Gasteiger partial charge in [-0.3, -0.25) is 14.5 Å². The molecule has 2 fully saturated rings. The third-order valence-electron chi connectivity index (χ3n) is 3.63. The molecule has 0 amide bonds. The first-order chi connectivity index (χ1) is 8.17. The number of ether oxygens (including phenoxy) is 2. The minimum absolute atomic E-state index is 0.239. The molecule has 1 saturated heterocycles. The number of nitrogens with zero attached hydrogens (tertiary/aromatic N) is 1. The minimum atomic E-state index is -0.273. The normalized spacial score (nSPS) is 29.1. The summed E-state index contributed by atoms with van der Waals surface area (Å²) in [6.45, 7) is 0.805. The quantitative estimate of drug-likeness (QED) is 0.674. The number of carbonyl (C=O) groups excluding carboxylic acids is 2. The lowest BCUT2D eigenvalue weighted by Crippen LogP contribution is -2.46. The van der Waals surface area contributed by atoms with Crippen LogP contribution >= 0.6 is 0 Å². The van der Waals surface area contributed by atoms with Gasteiger partial charge in [0.05, 0.1) is 14.2 Å². The van der Waals surface area contributed by atoms with Crippen molar-refractivity contribution in [3.8, 4) is 0 Å². The highest BCUT2D eigenvalue weighted by Crippen LogP contribution is 2.35. The van der Waals surface area contributed by atoms with Crippen molar-refractivity contribution in [2.45, 2.75) is 37.8 Å². The van der Waals surface area contributed by atoms with Crippen LogP contribution in [0.1, 0.15) is 25.7 Å². The fourth-order valence-corrected chi connectivity index (χ4v) is 2.50. The molecule has 5 heteroatoms. The van der Waals surface area contributed by atoms with E-state index in [4.69, 9.17) is 9.47 Å².